The Morgan fingerprint density at radius 3 is 2.55 bits per heavy atom. The van der Waals surface area contributed by atoms with Crippen molar-refractivity contribution in [3.8, 4) is 0 Å². The second-order valence-electron chi connectivity index (χ2n) is 7.74. The molecule has 2 aromatic carbocycles. The first-order valence-electron chi connectivity index (χ1n) is 10.3. The number of anilines is 1. The van der Waals surface area contributed by atoms with E-state index in [0.717, 1.165) is 0 Å². The van der Waals surface area contributed by atoms with E-state index in [-0.39, 0.29) is 28.7 Å². The van der Waals surface area contributed by atoms with Crippen LogP contribution >= 0.6 is 0 Å². The number of esters is 1. The Balaban J connectivity index is 1.57. The van der Waals surface area contributed by atoms with Crippen molar-refractivity contribution in [2.45, 2.75) is 37.8 Å². The van der Waals surface area contributed by atoms with Gasteiger partial charge in [0.25, 0.3) is 11.5 Å². The number of ether oxygens (including phenoxy) is 1. The van der Waals surface area contributed by atoms with Gasteiger partial charge in [-0.3, -0.25) is 9.59 Å². The highest BCUT2D eigenvalue weighted by Gasteiger charge is 2.32. The Morgan fingerprint density at radius 2 is 1.88 bits per heavy atom. The number of amides is 1. The van der Waals surface area contributed by atoms with Gasteiger partial charge in [-0.1, -0.05) is 18.2 Å². The summed E-state index contributed by atoms with van der Waals surface area (Å²) in [5, 5.41) is 9.99. The van der Waals surface area contributed by atoms with E-state index in [2.05, 4.69) is 5.10 Å². The number of primary sulfonamides is 1. The van der Waals surface area contributed by atoms with Crippen LogP contribution in [-0.4, -0.2) is 42.7 Å². The first kappa shape index (κ1) is 22.6. The average Bonchev–Trinajstić information content (AvgIpc) is 3.12. The van der Waals surface area contributed by atoms with Crippen molar-refractivity contribution in [2.24, 2.45) is 5.14 Å². The van der Waals surface area contributed by atoms with Crippen LogP contribution in [-0.2, 0) is 32.5 Å². The minimum absolute atomic E-state index is 0.0295. The molecular formula is C22H22N4O6S. The second kappa shape index (κ2) is 8.41. The Labute approximate surface area is 189 Å². The van der Waals surface area contributed by atoms with Crippen LogP contribution in [0.3, 0.4) is 0 Å². The maximum atomic E-state index is 12.9. The molecule has 2 N–H and O–H groups in total. The summed E-state index contributed by atoms with van der Waals surface area (Å²) < 4.78 is 29.7. The molecule has 10 nitrogen and oxygen atoms in total. The Morgan fingerprint density at radius 1 is 1.18 bits per heavy atom. The molecule has 0 saturated carbocycles. The first-order valence-corrected chi connectivity index (χ1v) is 11.8. The zero-order valence-corrected chi connectivity index (χ0v) is 18.8. The minimum atomic E-state index is -3.86. The molecule has 1 atom stereocenters. The Bertz CT molecular complexity index is 1450. The molecular weight excluding hydrogens is 448 g/mol. The van der Waals surface area contributed by atoms with Crippen molar-refractivity contribution >= 4 is 38.4 Å². The number of benzene rings is 2. The van der Waals surface area contributed by atoms with E-state index < -0.39 is 28.5 Å². The molecule has 1 aliphatic heterocycles. The fourth-order valence-electron chi connectivity index (χ4n) is 4.03. The highest BCUT2D eigenvalue weighted by molar-refractivity contribution is 7.89. The van der Waals surface area contributed by atoms with Crippen LogP contribution < -0.4 is 15.6 Å². The summed E-state index contributed by atoms with van der Waals surface area (Å²) in [5.41, 5.74) is 0.838. The van der Waals surface area contributed by atoms with E-state index in [1.54, 1.807) is 31.2 Å². The topological polar surface area (TPSA) is 142 Å². The lowest BCUT2D eigenvalue weighted by atomic mass is 10.1. The Hall–Kier alpha value is -3.57. The van der Waals surface area contributed by atoms with Gasteiger partial charge in [0.05, 0.1) is 10.3 Å². The van der Waals surface area contributed by atoms with Gasteiger partial charge < -0.3 is 9.64 Å². The average molecular weight is 471 g/mol. The molecule has 33 heavy (non-hydrogen) atoms. The molecule has 0 bridgehead atoms. The van der Waals surface area contributed by atoms with Gasteiger partial charge in [0, 0.05) is 23.7 Å². The predicted octanol–water partition coefficient (Wildman–Crippen LogP) is 1.20. The molecule has 1 aliphatic rings. The molecule has 0 saturated heterocycles. The van der Waals surface area contributed by atoms with Crippen LogP contribution in [0.25, 0.3) is 10.8 Å². The van der Waals surface area contributed by atoms with E-state index >= 15 is 0 Å². The van der Waals surface area contributed by atoms with E-state index in [1.165, 1.54) is 27.8 Å². The number of aromatic nitrogens is 2. The third kappa shape index (κ3) is 4.12. The van der Waals surface area contributed by atoms with Gasteiger partial charge in [-0.05, 0) is 50.1 Å². The highest BCUT2D eigenvalue weighted by atomic mass is 32.2. The van der Waals surface area contributed by atoms with E-state index in [0.29, 0.717) is 28.4 Å². The van der Waals surface area contributed by atoms with Crippen LogP contribution in [0.2, 0.25) is 0 Å². The number of fused-ring (bicyclic) bond motifs is 2. The number of carbonyl (C=O) groups is 2. The zero-order chi connectivity index (χ0) is 23.9. The number of hydrogen-bond acceptors (Lipinski definition) is 7. The lowest BCUT2D eigenvalue weighted by Crippen LogP contribution is -2.39. The molecule has 1 unspecified atom stereocenters. The van der Waals surface area contributed by atoms with Crippen molar-refractivity contribution in [3.63, 3.8) is 0 Å². The summed E-state index contributed by atoms with van der Waals surface area (Å²) >= 11 is 0. The second-order valence-corrected chi connectivity index (χ2v) is 9.31. The van der Waals surface area contributed by atoms with Gasteiger partial charge in [0.1, 0.15) is 0 Å². The van der Waals surface area contributed by atoms with E-state index in [4.69, 9.17) is 9.88 Å². The minimum Gasteiger partial charge on any atom is -0.451 e. The van der Waals surface area contributed by atoms with Gasteiger partial charge in [0.2, 0.25) is 10.0 Å². The first-order chi connectivity index (χ1) is 15.6. The van der Waals surface area contributed by atoms with Crippen LogP contribution in [0.5, 0.6) is 0 Å². The summed E-state index contributed by atoms with van der Waals surface area (Å²) in [4.78, 5) is 39.6. The van der Waals surface area contributed by atoms with Gasteiger partial charge >= 0.3 is 5.97 Å². The van der Waals surface area contributed by atoms with Crippen LogP contribution in [0, 0.1) is 0 Å². The van der Waals surface area contributed by atoms with Crippen LogP contribution in [0.4, 0.5) is 5.69 Å². The van der Waals surface area contributed by atoms with Gasteiger partial charge in [-0.2, -0.15) is 5.10 Å². The summed E-state index contributed by atoms with van der Waals surface area (Å²) in [6.45, 7) is 3.27. The molecule has 1 aromatic heterocycles. The summed E-state index contributed by atoms with van der Waals surface area (Å²) in [5.74, 6) is -1.29. The Kier molecular flexibility index (Phi) is 5.76. The third-order valence-corrected chi connectivity index (χ3v) is 6.46. The molecule has 0 spiro atoms. The normalized spacial score (nSPS) is 15.5. The summed E-state index contributed by atoms with van der Waals surface area (Å²) in [6, 6.07) is 10.6. The zero-order valence-electron chi connectivity index (χ0n) is 18.0. The maximum Gasteiger partial charge on any atom is 0.359 e. The van der Waals surface area contributed by atoms with Gasteiger partial charge in [0.15, 0.2) is 12.3 Å². The molecule has 0 fully saturated rings. The monoisotopic (exact) mass is 470 g/mol. The standard InChI is InChI=1S/C22H22N4O6S/c1-3-25-21(28)17-7-5-4-6-16(17)20(24-25)22(29)32-12-19(27)26-13(2)10-14-11-15(33(23,30)31)8-9-18(14)26/h4-9,11,13H,3,10,12H2,1-2H3,(H2,23,30,31). The number of nitrogens with two attached hydrogens (primary N) is 1. The summed E-state index contributed by atoms with van der Waals surface area (Å²) in [7, 11) is -3.86. The molecule has 0 aliphatic carbocycles. The van der Waals surface area contributed by atoms with Gasteiger partial charge in [-0.25, -0.2) is 23.0 Å². The molecule has 2 heterocycles. The smallest absolute Gasteiger partial charge is 0.359 e. The number of hydrogen-bond donors (Lipinski definition) is 1. The lowest BCUT2D eigenvalue weighted by molar-refractivity contribution is -0.122. The molecule has 11 heteroatoms. The van der Waals surface area contributed by atoms with Crippen molar-refractivity contribution in [2.75, 3.05) is 11.5 Å². The fraction of sp³-hybridized carbons (Fsp3) is 0.273. The SMILES string of the molecule is CCn1nc(C(=O)OCC(=O)N2c3ccc(S(N)(=O)=O)cc3CC2C)c2ccccc2c1=O. The number of rotatable bonds is 5. The van der Waals surface area contributed by atoms with Crippen LogP contribution in [0.15, 0.2) is 52.2 Å². The fourth-order valence-corrected chi connectivity index (χ4v) is 4.59. The number of carbonyl (C=O) groups excluding carboxylic acids is 2. The molecule has 3 aromatic rings. The van der Waals surface area contributed by atoms with Crippen molar-refractivity contribution in [1.29, 1.82) is 0 Å². The van der Waals surface area contributed by atoms with Crippen molar-refractivity contribution in [1.82, 2.24) is 9.78 Å². The van der Waals surface area contributed by atoms with Gasteiger partial charge in [-0.15, -0.1) is 0 Å². The number of sulfonamides is 1. The van der Waals surface area contributed by atoms with E-state index in [9.17, 15) is 22.8 Å². The van der Waals surface area contributed by atoms with E-state index in [1.807, 2.05) is 6.92 Å². The molecule has 172 valence electrons. The largest absolute Gasteiger partial charge is 0.451 e. The quantitative estimate of drug-likeness (QED) is 0.552. The van der Waals surface area contributed by atoms with Crippen molar-refractivity contribution in [3.05, 3.63) is 64.1 Å². The predicted molar refractivity (Wildman–Crippen MR) is 120 cm³/mol. The molecule has 4 rings (SSSR count). The third-order valence-electron chi connectivity index (χ3n) is 5.55. The maximum absolute atomic E-state index is 12.9. The van der Waals surface area contributed by atoms with Crippen LogP contribution in [0.1, 0.15) is 29.9 Å². The number of nitrogens with zero attached hydrogens (tertiary/aromatic N) is 3. The molecule has 0 radical (unpaired) electrons. The highest BCUT2D eigenvalue weighted by Crippen LogP contribution is 2.33. The number of aryl methyl sites for hydroxylation is 1. The molecule has 1 amide bonds. The summed E-state index contributed by atoms with van der Waals surface area (Å²) in [6.07, 6.45) is 0.437. The van der Waals surface area contributed by atoms with Crippen molar-refractivity contribution < 1.29 is 22.7 Å². The lowest BCUT2D eigenvalue weighted by Gasteiger charge is -2.22.